The highest BCUT2D eigenvalue weighted by Gasteiger charge is 2.10. The molecule has 108 valence electrons. The maximum atomic E-state index is 5.61. The first-order valence-electron chi connectivity index (χ1n) is 7.26. The van der Waals surface area contributed by atoms with Gasteiger partial charge in [-0.3, -0.25) is 4.90 Å². The summed E-state index contributed by atoms with van der Waals surface area (Å²) >= 11 is 0. The number of nitrogens with zero attached hydrogens (tertiary/aromatic N) is 1. The lowest BCUT2D eigenvalue weighted by Gasteiger charge is -2.25. The molecule has 3 heteroatoms. The van der Waals surface area contributed by atoms with Crippen LogP contribution in [0.2, 0.25) is 0 Å². The molecule has 0 aliphatic heterocycles. The van der Waals surface area contributed by atoms with Crippen molar-refractivity contribution in [2.45, 2.75) is 32.7 Å². The van der Waals surface area contributed by atoms with Gasteiger partial charge in [-0.15, -0.1) is 0 Å². The average molecular weight is 264 g/mol. The van der Waals surface area contributed by atoms with Crippen LogP contribution in [0.25, 0.3) is 0 Å². The molecule has 1 aromatic carbocycles. The molecule has 0 radical (unpaired) electrons. The fourth-order valence-electron chi connectivity index (χ4n) is 2.02. The van der Waals surface area contributed by atoms with Gasteiger partial charge in [-0.25, -0.2) is 0 Å². The summed E-state index contributed by atoms with van der Waals surface area (Å²) in [7, 11) is 4.18. The summed E-state index contributed by atoms with van der Waals surface area (Å²) < 4.78 is 5.61. The third kappa shape index (κ3) is 5.62. The van der Waals surface area contributed by atoms with Crippen LogP contribution >= 0.6 is 0 Å². The maximum Gasteiger partial charge on any atom is 0.119 e. The van der Waals surface area contributed by atoms with Crippen molar-refractivity contribution in [3.8, 4) is 5.75 Å². The molecule has 0 bridgehead atoms. The van der Waals surface area contributed by atoms with E-state index in [0.717, 1.165) is 31.9 Å². The zero-order valence-electron chi connectivity index (χ0n) is 12.8. The molecule has 0 fully saturated rings. The second-order valence-corrected chi connectivity index (χ2v) is 5.03. The molecule has 0 saturated carbocycles. The molecule has 0 amide bonds. The van der Waals surface area contributed by atoms with Gasteiger partial charge in [-0.05, 0) is 64.6 Å². The summed E-state index contributed by atoms with van der Waals surface area (Å²) in [5.41, 5.74) is 1.34. The van der Waals surface area contributed by atoms with E-state index in [9.17, 15) is 0 Å². The van der Waals surface area contributed by atoms with Gasteiger partial charge >= 0.3 is 0 Å². The van der Waals surface area contributed by atoms with Crippen molar-refractivity contribution in [1.29, 1.82) is 0 Å². The van der Waals surface area contributed by atoms with E-state index in [-0.39, 0.29) is 0 Å². The Bertz CT molecular complexity index is 337. The van der Waals surface area contributed by atoms with Gasteiger partial charge in [-0.1, -0.05) is 19.1 Å². The normalized spacial score (nSPS) is 12.7. The van der Waals surface area contributed by atoms with Gasteiger partial charge in [0.05, 0.1) is 6.61 Å². The topological polar surface area (TPSA) is 24.5 Å². The summed E-state index contributed by atoms with van der Waals surface area (Å²) in [6.45, 7) is 7.34. The monoisotopic (exact) mass is 264 g/mol. The van der Waals surface area contributed by atoms with Crippen LogP contribution in [-0.2, 0) is 0 Å². The molecule has 19 heavy (non-hydrogen) atoms. The summed E-state index contributed by atoms with van der Waals surface area (Å²) in [6, 6.07) is 8.93. The van der Waals surface area contributed by atoms with Gasteiger partial charge in [-0.2, -0.15) is 0 Å². The Morgan fingerprint density at radius 3 is 2.53 bits per heavy atom. The fourth-order valence-corrected chi connectivity index (χ4v) is 2.02. The van der Waals surface area contributed by atoms with Crippen molar-refractivity contribution >= 4 is 0 Å². The molecule has 1 atom stereocenters. The Hall–Kier alpha value is -1.06. The molecular weight excluding hydrogens is 236 g/mol. The molecule has 0 aliphatic carbocycles. The van der Waals surface area contributed by atoms with Crippen molar-refractivity contribution in [2.24, 2.45) is 0 Å². The minimum absolute atomic E-state index is 0.442. The second-order valence-electron chi connectivity index (χ2n) is 5.03. The molecule has 0 saturated heterocycles. The number of hydrogen-bond donors (Lipinski definition) is 1. The van der Waals surface area contributed by atoms with Crippen LogP contribution < -0.4 is 10.1 Å². The first-order valence-corrected chi connectivity index (χ1v) is 7.26. The number of rotatable bonds is 9. The van der Waals surface area contributed by atoms with Gasteiger partial charge < -0.3 is 10.1 Å². The average Bonchev–Trinajstić information content (AvgIpc) is 2.45. The van der Waals surface area contributed by atoms with E-state index in [1.807, 2.05) is 7.05 Å². The van der Waals surface area contributed by atoms with Crippen LogP contribution in [0.4, 0.5) is 0 Å². The summed E-state index contributed by atoms with van der Waals surface area (Å²) in [4.78, 5) is 2.39. The molecule has 0 aliphatic rings. The Morgan fingerprint density at radius 1 is 1.26 bits per heavy atom. The van der Waals surface area contributed by atoms with Gasteiger partial charge in [0.25, 0.3) is 0 Å². The van der Waals surface area contributed by atoms with E-state index in [4.69, 9.17) is 4.74 Å². The third-order valence-corrected chi connectivity index (χ3v) is 3.43. The first kappa shape index (κ1) is 16.0. The predicted molar refractivity (Wildman–Crippen MR) is 81.8 cm³/mol. The van der Waals surface area contributed by atoms with Crippen LogP contribution in [0.5, 0.6) is 5.75 Å². The van der Waals surface area contributed by atoms with Crippen molar-refractivity contribution in [3.05, 3.63) is 29.8 Å². The van der Waals surface area contributed by atoms with Crippen LogP contribution in [0.15, 0.2) is 24.3 Å². The number of nitrogens with one attached hydrogen (secondary N) is 1. The third-order valence-electron chi connectivity index (χ3n) is 3.43. The number of hydrogen-bond acceptors (Lipinski definition) is 3. The van der Waals surface area contributed by atoms with Crippen LogP contribution in [-0.4, -0.2) is 38.7 Å². The highest BCUT2D eigenvalue weighted by Crippen LogP contribution is 2.21. The largest absolute Gasteiger partial charge is 0.494 e. The van der Waals surface area contributed by atoms with Crippen molar-refractivity contribution in [3.63, 3.8) is 0 Å². The lowest BCUT2D eigenvalue weighted by atomic mass is 10.1. The lowest BCUT2D eigenvalue weighted by Crippen LogP contribution is -2.25. The zero-order valence-corrected chi connectivity index (χ0v) is 12.8. The Morgan fingerprint density at radius 2 is 1.95 bits per heavy atom. The van der Waals surface area contributed by atoms with Crippen LogP contribution in [0.3, 0.4) is 0 Å². The molecule has 0 heterocycles. The Kier molecular flexibility index (Phi) is 7.53. The van der Waals surface area contributed by atoms with Crippen molar-refractivity contribution in [2.75, 3.05) is 33.8 Å². The summed E-state index contributed by atoms with van der Waals surface area (Å²) in [5, 5.41) is 3.19. The van der Waals surface area contributed by atoms with Gasteiger partial charge in [0.2, 0.25) is 0 Å². The molecular formula is C16H28N2O. The SMILES string of the molecule is CCCOc1ccc(C(C)N(C)CCCNC)cc1. The predicted octanol–water partition coefficient (Wildman–Crippen LogP) is 3.08. The van der Waals surface area contributed by atoms with E-state index in [1.54, 1.807) is 0 Å². The van der Waals surface area contributed by atoms with Crippen molar-refractivity contribution < 1.29 is 4.74 Å². The van der Waals surface area contributed by atoms with E-state index < -0.39 is 0 Å². The van der Waals surface area contributed by atoms with E-state index in [2.05, 4.69) is 55.4 Å². The van der Waals surface area contributed by atoms with Gasteiger partial charge in [0.1, 0.15) is 5.75 Å². The Labute approximate surface area is 118 Å². The highest BCUT2D eigenvalue weighted by atomic mass is 16.5. The minimum Gasteiger partial charge on any atom is -0.494 e. The molecule has 1 N–H and O–H groups in total. The highest BCUT2D eigenvalue weighted by molar-refractivity contribution is 5.28. The van der Waals surface area contributed by atoms with E-state index >= 15 is 0 Å². The summed E-state index contributed by atoms with van der Waals surface area (Å²) in [6.07, 6.45) is 2.22. The second kappa shape index (κ2) is 8.94. The molecule has 0 spiro atoms. The minimum atomic E-state index is 0.442. The maximum absolute atomic E-state index is 5.61. The fraction of sp³-hybridized carbons (Fsp3) is 0.625. The Balaban J connectivity index is 2.49. The molecule has 1 unspecified atom stereocenters. The van der Waals surface area contributed by atoms with Crippen molar-refractivity contribution in [1.82, 2.24) is 10.2 Å². The van der Waals surface area contributed by atoms with E-state index in [1.165, 1.54) is 12.0 Å². The smallest absolute Gasteiger partial charge is 0.119 e. The number of benzene rings is 1. The molecule has 1 aromatic rings. The van der Waals surface area contributed by atoms with Crippen LogP contribution in [0.1, 0.15) is 38.3 Å². The van der Waals surface area contributed by atoms with Gasteiger partial charge in [0.15, 0.2) is 0 Å². The van der Waals surface area contributed by atoms with Gasteiger partial charge in [0, 0.05) is 6.04 Å². The standard InChI is InChI=1S/C16H28N2O/c1-5-13-19-16-9-7-15(8-10-16)14(2)18(4)12-6-11-17-3/h7-10,14,17H,5-6,11-13H2,1-4H3. The van der Waals surface area contributed by atoms with Crippen LogP contribution in [0, 0.1) is 0 Å². The lowest BCUT2D eigenvalue weighted by molar-refractivity contribution is 0.257. The quantitative estimate of drug-likeness (QED) is 0.694. The molecule has 1 rings (SSSR count). The van der Waals surface area contributed by atoms with E-state index in [0.29, 0.717) is 6.04 Å². The zero-order chi connectivity index (χ0) is 14.1. The molecule has 3 nitrogen and oxygen atoms in total. The number of ether oxygens (including phenoxy) is 1. The summed E-state index contributed by atoms with van der Waals surface area (Å²) in [5.74, 6) is 0.968. The molecule has 0 aromatic heterocycles. The first-order chi connectivity index (χ1) is 9.19.